The standard InChI is InChI=1S/2C12H18O.C11H15ClO.C11H15Cl.3C11H15FO.C11H15F.2C10H12ClF.C10H12F2/c1-9-8-10(13-5)6-7-11(9)12(2,3)4;1-9-6-7-10(12(2,3)4)11(8-9)13-5;1-11(2,3)9-6-5-8(13-4)7-10(9)12;1-8-7-9(12)5-6-10(8)11(2,3)4;1-11(2,3)9-6-5-8(13-4)7-10(9)12;1-11(2,3)9-6-5-8(12)7-10(9)13-4;1-11(2,3)10-5-4-9(12)6-8(10)7-13;1-8-7-9(12)5-6-10(8)11(2,3)4;1-10(2,3)8-5-4-7(12)6-9(8)11;2*1-10(2,3)8-5-4-7(11)6-9(8)12/h2*6-8H,1-5H3;5-7H,1-4H3;5-7H,1-4H3;2*5-7H,1-4H3;4-6,13H,7H2,1-3H3;5-7H,1-4H3;3*4-6H,1-3H3. The number of hydrogen-bond donors (Lipinski definition) is 1. The Hall–Kier alpha value is -9.02. The Morgan fingerprint density at radius 3 is 0.790 bits per heavy atom. The first kappa shape index (κ1) is 127. The summed E-state index contributed by atoms with van der Waals surface area (Å²) in [5.41, 5.74) is 17.0. The molecule has 0 spiro atoms. The molecule has 0 aliphatic heterocycles. The predicted octanol–water partition coefficient (Wildman–Crippen LogP) is 37.3. The van der Waals surface area contributed by atoms with E-state index in [1.807, 2.05) is 153 Å². The lowest BCUT2D eigenvalue weighted by Gasteiger charge is -2.22. The zero-order valence-corrected chi connectivity index (χ0v) is 93.8. The first-order valence-corrected chi connectivity index (χ1v) is 47.9. The fourth-order valence-corrected chi connectivity index (χ4v) is 15.7. The van der Waals surface area contributed by atoms with Crippen LogP contribution in [0.4, 0.5) is 35.1 Å². The fraction of sp³-hybridized carbons (Fsp3) is 0.450. The zero-order chi connectivity index (χ0) is 107. The van der Waals surface area contributed by atoms with Gasteiger partial charge >= 0.3 is 0 Å². The molecule has 0 aromatic heterocycles. The third-order valence-electron chi connectivity index (χ3n) is 21.6. The summed E-state index contributed by atoms with van der Waals surface area (Å²) in [6, 6.07) is 56.6. The summed E-state index contributed by atoms with van der Waals surface area (Å²) < 4.78 is 129. The summed E-state index contributed by atoms with van der Waals surface area (Å²) in [4.78, 5) is 0. The van der Waals surface area contributed by atoms with Crippen molar-refractivity contribution in [1.29, 1.82) is 0 Å². The van der Waals surface area contributed by atoms with E-state index in [1.54, 1.807) is 77.0 Å². The van der Waals surface area contributed by atoms with Gasteiger partial charge in [-0.1, -0.05) is 348 Å². The lowest BCUT2D eigenvalue weighted by atomic mass is 9.84. The average Bonchev–Trinajstić information content (AvgIpc) is 0.823. The van der Waals surface area contributed by atoms with E-state index in [0.29, 0.717) is 43.8 Å². The monoisotopic (exact) mass is 1990 g/mol. The number of hydrogen-bond acceptors (Lipinski definition) is 6. The van der Waals surface area contributed by atoms with E-state index in [1.165, 1.54) is 113 Å². The molecule has 6 nitrogen and oxygen atoms in total. The molecule has 0 bridgehead atoms. The van der Waals surface area contributed by atoms with Crippen molar-refractivity contribution in [3.63, 3.8) is 0 Å². The molecule has 11 aromatic carbocycles. The molecule has 762 valence electrons. The molecule has 1 N–H and O–H groups in total. The number of benzene rings is 11. The van der Waals surface area contributed by atoms with E-state index in [0.717, 1.165) is 61.2 Å². The molecule has 18 heteroatoms. The van der Waals surface area contributed by atoms with Crippen molar-refractivity contribution in [2.45, 2.75) is 322 Å². The van der Waals surface area contributed by atoms with Crippen molar-refractivity contribution >= 4 is 46.4 Å². The predicted molar refractivity (Wildman–Crippen MR) is 574 cm³/mol. The smallest absolute Gasteiger partial charge is 0.130 e. The fourth-order valence-electron chi connectivity index (χ4n) is 14.4. The molecule has 0 saturated carbocycles. The number of methoxy groups -OCH3 is 5. The molecule has 0 unspecified atom stereocenters. The molecule has 0 aliphatic rings. The van der Waals surface area contributed by atoms with E-state index in [9.17, 15) is 35.1 Å². The number of ether oxygens (including phenoxy) is 5. The summed E-state index contributed by atoms with van der Waals surface area (Å²) in [5, 5.41) is 11.6. The van der Waals surface area contributed by atoms with Gasteiger partial charge in [-0.05, 0) is 285 Å². The number of rotatable bonds is 6. The Balaban J connectivity index is 0.000000759. The minimum absolute atomic E-state index is 0.0148. The lowest BCUT2D eigenvalue weighted by Crippen LogP contribution is -2.14. The maximum atomic E-state index is 13.5. The molecule has 11 aromatic rings. The van der Waals surface area contributed by atoms with E-state index < -0.39 is 11.6 Å². The van der Waals surface area contributed by atoms with Gasteiger partial charge in [0.1, 0.15) is 75.3 Å². The first-order chi connectivity index (χ1) is 62.7. The van der Waals surface area contributed by atoms with Gasteiger partial charge in [-0.3, -0.25) is 0 Å². The number of aliphatic hydroxyl groups excluding tert-OH is 1. The highest BCUT2D eigenvalue weighted by atomic mass is 35.5. The van der Waals surface area contributed by atoms with Gasteiger partial charge in [0.2, 0.25) is 0 Å². The van der Waals surface area contributed by atoms with Gasteiger partial charge in [0.05, 0.1) is 42.2 Å². The highest BCUT2D eigenvalue weighted by Crippen LogP contribution is 2.39. The second-order valence-corrected chi connectivity index (χ2v) is 47.1. The molecular weight excluding hydrogens is 1830 g/mol. The van der Waals surface area contributed by atoms with Gasteiger partial charge < -0.3 is 28.8 Å². The van der Waals surface area contributed by atoms with E-state index in [2.05, 4.69) is 182 Å². The van der Waals surface area contributed by atoms with Crippen LogP contribution in [-0.4, -0.2) is 40.7 Å². The van der Waals surface area contributed by atoms with Gasteiger partial charge in [0.25, 0.3) is 0 Å². The second kappa shape index (κ2) is 54.3. The first-order valence-electron chi connectivity index (χ1n) is 46.4. The van der Waals surface area contributed by atoms with E-state index in [-0.39, 0.29) is 101 Å². The van der Waals surface area contributed by atoms with Crippen LogP contribution >= 0.6 is 46.4 Å². The van der Waals surface area contributed by atoms with Crippen LogP contribution in [0.5, 0.6) is 28.7 Å². The van der Waals surface area contributed by atoms with Crippen molar-refractivity contribution in [2.24, 2.45) is 0 Å². The van der Waals surface area contributed by atoms with Crippen LogP contribution in [0.1, 0.15) is 317 Å². The van der Waals surface area contributed by atoms with Crippen LogP contribution in [0.25, 0.3) is 0 Å². The third kappa shape index (κ3) is 44.8. The molecule has 0 radical (unpaired) electrons. The molecule has 0 atom stereocenters. The number of halogens is 12. The summed E-state index contributed by atoms with van der Waals surface area (Å²) in [7, 11) is 8.16. The van der Waals surface area contributed by atoms with Gasteiger partial charge in [-0.2, -0.15) is 0 Å². The molecule has 11 rings (SSSR count). The van der Waals surface area contributed by atoms with Crippen molar-refractivity contribution in [2.75, 3.05) is 35.5 Å². The van der Waals surface area contributed by atoms with Gasteiger partial charge in [-0.25, -0.2) is 35.1 Å². The maximum absolute atomic E-state index is 13.5. The summed E-state index contributed by atoms with van der Waals surface area (Å²) in [6.45, 7) is 76.9. The van der Waals surface area contributed by atoms with Gasteiger partial charge in [-0.15, -0.1) is 0 Å². The van der Waals surface area contributed by atoms with Crippen LogP contribution in [0.3, 0.4) is 0 Å². The Morgan fingerprint density at radius 2 is 0.464 bits per heavy atom. The molecular formula is C120H162Cl4F8O6. The molecule has 0 heterocycles. The Labute approximate surface area is 847 Å². The largest absolute Gasteiger partial charge is 0.497 e. The average molecular weight is 1990 g/mol. The lowest BCUT2D eigenvalue weighted by molar-refractivity contribution is 0.278. The number of aliphatic hydroxyl groups is 1. The molecule has 0 aliphatic carbocycles. The topological polar surface area (TPSA) is 66.4 Å². The normalized spacial score (nSPS) is 11.6. The SMILES string of the molecule is CC(C)(C)c1ccc(Cl)cc1F.CC(C)(C)c1ccc(F)cc1CO.CC(C)(C)c1ccc(F)cc1Cl.CC(C)(C)c1ccc(F)cc1F.COc1cc(C)ccc1C(C)(C)C.COc1cc(F)ccc1C(C)(C)C.COc1ccc(C(C)(C)C)c(C)c1.COc1ccc(C(C)(C)C)c(Cl)c1.COc1ccc(C(C)(C)C)c(F)c1.Cc1cc(Cl)ccc1C(C)(C)C.Cc1cc(F)ccc1C(C)(C)C. The van der Waals surface area contributed by atoms with Gasteiger partial charge in [0, 0.05) is 38.3 Å². The van der Waals surface area contributed by atoms with Crippen molar-refractivity contribution in [3.05, 3.63) is 356 Å². The molecule has 0 fully saturated rings. The molecule has 0 amide bonds. The third-order valence-corrected chi connectivity index (χ3v) is 22.7. The minimum atomic E-state index is -0.527. The molecule has 0 saturated heterocycles. The van der Waals surface area contributed by atoms with Crippen molar-refractivity contribution in [1.82, 2.24) is 0 Å². The Kier molecular flexibility index (Phi) is 49.9. The Bertz CT molecular complexity index is 4950. The highest BCUT2D eigenvalue weighted by Gasteiger charge is 2.27. The van der Waals surface area contributed by atoms with Crippen molar-refractivity contribution in [3.8, 4) is 28.7 Å². The minimum Gasteiger partial charge on any atom is -0.497 e. The van der Waals surface area contributed by atoms with Crippen LogP contribution in [0, 0.1) is 74.2 Å². The summed E-state index contributed by atoms with van der Waals surface area (Å²) in [5.74, 6) is 1.49. The Morgan fingerprint density at radius 1 is 0.217 bits per heavy atom. The van der Waals surface area contributed by atoms with Crippen LogP contribution < -0.4 is 23.7 Å². The maximum Gasteiger partial charge on any atom is 0.130 e. The second-order valence-electron chi connectivity index (χ2n) is 45.4. The van der Waals surface area contributed by atoms with Crippen LogP contribution in [0.2, 0.25) is 20.1 Å². The van der Waals surface area contributed by atoms with E-state index >= 15 is 0 Å². The zero-order valence-electron chi connectivity index (χ0n) is 90.8. The highest BCUT2D eigenvalue weighted by molar-refractivity contribution is 6.32. The van der Waals surface area contributed by atoms with E-state index in [4.69, 9.17) is 75.2 Å². The summed E-state index contributed by atoms with van der Waals surface area (Å²) >= 11 is 23.5. The van der Waals surface area contributed by atoms with Crippen LogP contribution in [0.15, 0.2) is 200 Å². The summed E-state index contributed by atoms with van der Waals surface area (Å²) in [6.07, 6.45) is 0. The number of aryl methyl sites for hydroxylation is 4. The van der Waals surface area contributed by atoms with Crippen LogP contribution in [-0.2, 0) is 66.2 Å². The molecule has 138 heavy (non-hydrogen) atoms. The van der Waals surface area contributed by atoms with Crippen molar-refractivity contribution < 1.29 is 63.9 Å². The van der Waals surface area contributed by atoms with Gasteiger partial charge in [0.15, 0.2) is 0 Å². The quantitative estimate of drug-likeness (QED) is 0.167.